The first-order chi connectivity index (χ1) is 11.9. The second kappa shape index (κ2) is 7.65. The van der Waals surface area contributed by atoms with Gasteiger partial charge in [-0.25, -0.2) is 0 Å². The van der Waals surface area contributed by atoms with E-state index >= 15 is 0 Å². The van der Waals surface area contributed by atoms with Crippen molar-refractivity contribution in [3.63, 3.8) is 0 Å². The van der Waals surface area contributed by atoms with Crippen LogP contribution in [-0.2, 0) is 4.79 Å². The van der Waals surface area contributed by atoms with Crippen LogP contribution in [0.15, 0.2) is 24.3 Å². The summed E-state index contributed by atoms with van der Waals surface area (Å²) in [5.74, 6) is -0.504. The number of rotatable bonds is 3. The summed E-state index contributed by atoms with van der Waals surface area (Å²) in [7, 11) is 0. The van der Waals surface area contributed by atoms with Crippen molar-refractivity contribution in [3.8, 4) is 0 Å². The number of nitrogens with one attached hydrogen (secondary N) is 1. The fourth-order valence-electron chi connectivity index (χ4n) is 4.51. The predicted octanol–water partition coefficient (Wildman–Crippen LogP) is 3.33. The summed E-state index contributed by atoms with van der Waals surface area (Å²) in [6.45, 7) is 5.55. The predicted molar refractivity (Wildman–Crippen MR) is 101 cm³/mol. The van der Waals surface area contributed by atoms with E-state index in [0.717, 1.165) is 24.8 Å². The molecule has 2 fully saturated rings. The molecule has 25 heavy (non-hydrogen) atoms. The molecule has 1 aliphatic heterocycles. The quantitative estimate of drug-likeness (QED) is 0.865. The molecule has 2 aliphatic rings. The molecule has 4 nitrogen and oxygen atoms in total. The molecule has 0 spiro atoms. The van der Waals surface area contributed by atoms with E-state index in [4.69, 9.17) is 11.6 Å². The summed E-state index contributed by atoms with van der Waals surface area (Å²) in [6, 6.07) is 7.96. The zero-order valence-corrected chi connectivity index (χ0v) is 15.9. The molecule has 1 saturated heterocycles. The third-order valence-corrected chi connectivity index (χ3v) is 5.79. The van der Waals surface area contributed by atoms with Crippen LogP contribution < -0.4 is 5.32 Å². The molecule has 1 amide bonds. The van der Waals surface area contributed by atoms with E-state index in [-0.39, 0.29) is 18.0 Å². The highest BCUT2D eigenvalue weighted by Crippen LogP contribution is 2.41. The van der Waals surface area contributed by atoms with Crippen molar-refractivity contribution in [2.45, 2.75) is 69.6 Å². The number of carbonyl (C=O) groups is 1. The van der Waals surface area contributed by atoms with Gasteiger partial charge >= 0.3 is 0 Å². The highest BCUT2D eigenvalue weighted by molar-refractivity contribution is 6.30. The van der Waals surface area contributed by atoms with E-state index in [0.29, 0.717) is 31.0 Å². The molecule has 0 bridgehead atoms. The fraction of sp³-hybridized carbons (Fsp3) is 0.650. The van der Waals surface area contributed by atoms with Gasteiger partial charge in [-0.05, 0) is 44.4 Å². The van der Waals surface area contributed by atoms with E-state index in [1.165, 1.54) is 0 Å². The van der Waals surface area contributed by atoms with Gasteiger partial charge in [-0.1, -0.05) is 43.0 Å². The Hall–Kier alpha value is -1.10. The van der Waals surface area contributed by atoms with Crippen molar-refractivity contribution in [1.82, 2.24) is 10.2 Å². The lowest BCUT2D eigenvalue weighted by Crippen LogP contribution is -2.58. The molecule has 3 unspecified atom stereocenters. The molecule has 0 aromatic heterocycles. The lowest BCUT2D eigenvalue weighted by molar-refractivity contribution is -0.143. The lowest BCUT2D eigenvalue weighted by Gasteiger charge is -2.43. The van der Waals surface area contributed by atoms with Crippen LogP contribution in [0, 0.1) is 0 Å². The Labute approximate surface area is 155 Å². The number of piperazine rings is 1. The smallest absolute Gasteiger partial charge is 0.233 e. The zero-order chi connectivity index (χ0) is 18.0. The molecular formula is C20H29ClN2O2. The standard InChI is InChI=1S/C20H29ClN2O2/c1-14-12-23(13-15(2)22-14)19(24)18(16-7-6-8-17(21)11-16)20(25)9-4-3-5-10-20/h6-8,11,14-15,18,22,25H,3-5,9-10,12-13H2,1-2H3. The molecular weight excluding hydrogens is 336 g/mol. The maximum absolute atomic E-state index is 13.5. The topological polar surface area (TPSA) is 52.6 Å². The van der Waals surface area contributed by atoms with E-state index in [2.05, 4.69) is 19.2 Å². The minimum Gasteiger partial charge on any atom is -0.389 e. The van der Waals surface area contributed by atoms with Gasteiger partial charge in [0.2, 0.25) is 5.91 Å². The Balaban J connectivity index is 1.94. The van der Waals surface area contributed by atoms with Gasteiger partial charge in [0.1, 0.15) is 0 Å². The van der Waals surface area contributed by atoms with Gasteiger partial charge < -0.3 is 15.3 Å². The van der Waals surface area contributed by atoms with Crippen LogP contribution in [0.25, 0.3) is 0 Å². The van der Waals surface area contributed by atoms with E-state index in [9.17, 15) is 9.90 Å². The maximum Gasteiger partial charge on any atom is 0.233 e. The van der Waals surface area contributed by atoms with Crippen LogP contribution in [0.3, 0.4) is 0 Å². The van der Waals surface area contributed by atoms with Gasteiger partial charge in [0.15, 0.2) is 0 Å². The van der Waals surface area contributed by atoms with Crippen LogP contribution in [0.2, 0.25) is 5.02 Å². The lowest BCUT2D eigenvalue weighted by atomic mass is 9.72. The third-order valence-electron chi connectivity index (χ3n) is 5.55. The molecule has 1 saturated carbocycles. The number of amides is 1. The van der Waals surface area contributed by atoms with Crippen LogP contribution in [-0.4, -0.2) is 46.7 Å². The highest BCUT2D eigenvalue weighted by Gasteiger charge is 2.45. The molecule has 2 N–H and O–H groups in total. The maximum atomic E-state index is 13.5. The van der Waals surface area contributed by atoms with E-state index in [1.807, 2.05) is 29.2 Å². The number of hydrogen-bond donors (Lipinski definition) is 2. The van der Waals surface area contributed by atoms with Crippen molar-refractivity contribution >= 4 is 17.5 Å². The number of halogens is 1. The molecule has 0 radical (unpaired) electrons. The fourth-order valence-corrected chi connectivity index (χ4v) is 4.71. The average Bonchev–Trinajstić information content (AvgIpc) is 2.54. The van der Waals surface area contributed by atoms with Crippen LogP contribution in [0.4, 0.5) is 0 Å². The number of nitrogens with zero attached hydrogens (tertiary/aromatic N) is 1. The summed E-state index contributed by atoms with van der Waals surface area (Å²) in [4.78, 5) is 15.4. The first-order valence-electron chi connectivity index (χ1n) is 9.42. The van der Waals surface area contributed by atoms with Crippen molar-refractivity contribution in [3.05, 3.63) is 34.9 Å². The minimum atomic E-state index is -0.975. The monoisotopic (exact) mass is 364 g/mol. The normalized spacial score (nSPS) is 27.8. The zero-order valence-electron chi connectivity index (χ0n) is 15.2. The second-order valence-corrected chi connectivity index (χ2v) is 8.30. The number of aliphatic hydroxyl groups is 1. The molecule has 1 heterocycles. The highest BCUT2D eigenvalue weighted by atomic mass is 35.5. The average molecular weight is 365 g/mol. The first kappa shape index (κ1) is 18.7. The molecule has 138 valence electrons. The summed E-state index contributed by atoms with van der Waals surface area (Å²) < 4.78 is 0. The van der Waals surface area contributed by atoms with Gasteiger partial charge in [0, 0.05) is 30.2 Å². The van der Waals surface area contributed by atoms with Gasteiger partial charge in [-0.3, -0.25) is 4.79 Å². The molecule has 5 heteroatoms. The molecule has 3 rings (SSSR count). The van der Waals surface area contributed by atoms with Crippen molar-refractivity contribution in [2.75, 3.05) is 13.1 Å². The summed E-state index contributed by atoms with van der Waals surface area (Å²) in [5, 5.41) is 15.5. The minimum absolute atomic E-state index is 0.0341. The number of hydrogen-bond acceptors (Lipinski definition) is 3. The molecule has 1 aromatic carbocycles. The van der Waals surface area contributed by atoms with E-state index in [1.54, 1.807) is 0 Å². The summed E-state index contributed by atoms with van der Waals surface area (Å²) in [5.41, 5.74) is -0.141. The summed E-state index contributed by atoms with van der Waals surface area (Å²) >= 11 is 6.19. The first-order valence-corrected chi connectivity index (χ1v) is 9.79. The Kier molecular flexibility index (Phi) is 5.71. The molecule has 1 aromatic rings. The van der Waals surface area contributed by atoms with Crippen LogP contribution in [0.5, 0.6) is 0 Å². The van der Waals surface area contributed by atoms with Crippen molar-refractivity contribution in [2.24, 2.45) is 0 Å². The van der Waals surface area contributed by atoms with Gasteiger partial charge in [0.05, 0.1) is 11.5 Å². The van der Waals surface area contributed by atoms with Crippen LogP contribution >= 0.6 is 11.6 Å². The molecule has 3 atom stereocenters. The van der Waals surface area contributed by atoms with Gasteiger partial charge in [0.25, 0.3) is 0 Å². The van der Waals surface area contributed by atoms with Crippen LogP contribution in [0.1, 0.15) is 57.4 Å². The van der Waals surface area contributed by atoms with Gasteiger partial charge in [-0.15, -0.1) is 0 Å². The number of benzene rings is 1. The van der Waals surface area contributed by atoms with Gasteiger partial charge in [-0.2, -0.15) is 0 Å². The van der Waals surface area contributed by atoms with Crippen molar-refractivity contribution in [1.29, 1.82) is 0 Å². The Bertz CT molecular complexity index is 605. The summed E-state index contributed by atoms with van der Waals surface area (Å²) in [6.07, 6.45) is 4.41. The third kappa shape index (κ3) is 4.18. The molecule has 1 aliphatic carbocycles. The van der Waals surface area contributed by atoms with Crippen molar-refractivity contribution < 1.29 is 9.90 Å². The number of carbonyl (C=O) groups excluding carboxylic acids is 1. The Morgan fingerprint density at radius 2 is 1.88 bits per heavy atom. The Morgan fingerprint density at radius 1 is 1.24 bits per heavy atom. The van der Waals surface area contributed by atoms with E-state index < -0.39 is 11.5 Å². The largest absolute Gasteiger partial charge is 0.389 e. The second-order valence-electron chi connectivity index (χ2n) is 7.86. The Morgan fingerprint density at radius 3 is 2.48 bits per heavy atom. The SMILES string of the molecule is CC1CN(C(=O)C(c2cccc(Cl)c2)C2(O)CCCCC2)CC(C)N1.